The Morgan fingerprint density at radius 1 is 1.22 bits per heavy atom. The number of carboxylic acids is 1. The molecule has 126 valence electrons. The number of hydrogen-bond donors (Lipinski definition) is 2. The summed E-state index contributed by atoms with van der Waals surface area (Å²) >= 11 is 0. The van der Waals surface area contributed by atoms with Crippen molar-refractivity contribution in [1.82, 2.24) is 5.32 Å². The standard InChI is InChI=1S/C17H23NO5/c1-17(2,3)23-16(21)12-18-10-11-22-14-7-4-13(5-8-14)6-9-15(19)20/h4-9,18H,10-12H2,1-3H3,(H,19,20)/b9-6+. The van der Waals surface area contributed by atoms with Crippen LogP contribution in [0.2, 0.25) is 0 Å². The lowest BCUT2D eigenvalue weighted by Crippen LogP contribution is -2.33. The van der Waals surface area contributed by atoms with Gasteiger partial charge >= 0.3 is 11.9 Å². The van der Waals surface area contributed by atoms with Crippen LogP contribution in [0.1, 0.15) is 26.3 Å². The van der Waals surface area contributed by atoms with Crippen molar-refractivity contribution in [3.05, 3.63) is 35.9 Å². The Hall–Kier alpha value is -2.34. The van der Waals surface area contributed by atoms with Crippen LogP contribution in [0.5, 0.6) is 5.75 Å². The van der Waals surface area contributed by atoms with E-state index < -0.39 is 11.6 Å². The third-order valence-corrected chi connectivity index (χ3v) is 2.54. The van der Waals surface area contributed by atoms with Crippen LogP contribution in [0.4, 0.5) is 0 Å². The zero-order chi connectivity index (χ0) is 17.3. The maximum Gasteiger partial charge on any atom is 0.328 e. The normalized spacial score (nSPS) is 11.4. The van der Waals surface area contributed by atoms with Crippen LogP contribution < -0.4 is 10.1 Å². The predicted octanol–water partition coefficient (Wildman–Crippen LogP) is 2.09. The average Bonchev–Trinajstić information content (AvgIpc) is 2.44. The predicted molar refractivity (Wildman–Crippen MR) is 87.3 cm³/mol. The van der Waals surface area contributed by atoms with E-state index in [0.29, 0.717) is 18.9 Å². The van der Waals surface area contributed by atoms with E-state index in [-0.39, 0.29) is 12.5 Å². The molecule has 6 nitrogen and oxygen atoms in total. The number of aliphatic carboxylic acids is 1. The highest BCUT2D eigenvalue weighted by atomic mass is 16.6. The number of carbonyl (C=O) groups is 2. The van der Waals surface area contributed by atoms with Crippen molar-refractivity contribution in [3.63, 3.8) is 0 Å². The summed E-state index contributed by atoms with van der Waals surface area (Å²) in [6.07, 6.45) is 2.59. The lowest BCUT2D eigenvalue weighted by atomic mass is 10.2. The van der Waals surface area contributed by atoms with Crippen LogP contribution >= 0.6 is 0 Å². The average molecular weight is 321 g/mol. The van der Waals surface area contributed by atoms with Gasteiger partial charge in [0.15, 0.2) is 0 Å². The summed E-state index contributed by atoms with van der Waals surface area (Å²) in [5.41, 5.74) is 0.300. The van der Waals surface area contributed by atoms with Crippen molar-refractivity contribution in [1.29, 1.82) is 0 Å². The van der Waals surface area contributed by atoms with Crippen LogP contribution in [-0.4, -0.2) is 42.3 Å². The number of carboxylic acid groups (broad SMARTS) is 1. The Kier molecular flexibility index (Phi) is 7.28. The second-order valence-electron chi connectivity index (χ2n) is 5.85. The summed E-state index contributed by atoms with van der Waals surface area (Å²) in [4.78, 5) is 21.9. The number of ether oxygens (including phenoxy) is 2. The molecule has 1 rings (SSSR count). The topological polar surface area (TPSA) is 84.9 Å². The van der Waals surface area contributed by atoms with Crippen LogP contribution in [0.25, 0.3) is 6.08 Å². The molecular formula is C17H23NO5. The largest absolute Gasteiger partial charge is 0.492 e. The van der Waals surface area contributed by atoms with Crippen LogP contribution in [0, 0.1) is 0 Å². The summed E-state index contributed by atoms with van der Waals surface area (Å²) < 4.78 is 10.7. The van der Waals surface area contributed by atoms with Gasteiger partial charge in [-0.15, -0.1) is 0 Å². The van der Waals surface area contributed by atoms with Gasteiger partial charge in [-0.05, 0) is 44.5 Å². The van der Waals surface area contributed by atoms with Crippen LogP contribution in [0.15, 0.2) is 30.3 Å². The molecule has 23 heavy (non-hydrogen) atoms. The first-order chi connectivity index (χ1) is 10.8. The quantitative estimate of drug-likeness (QED) is 0.433. The summed E-state index contributed by atoms with van der Waals surface area (Å²) in [7, 11) is 0. The molecule has 0 aromatic heterocycles. The Bertz CT molecular complexity index is 543. The van der Waals surface area contributed by atoms with Gasteiger partial charge in [0, 0.05) is 12.6 Å². The van der Waals surface area contributed by atoms with Crippen molar-refractivity contribution in [2.75, 3.05) is 19.7 Å². The van der Waals surface area contributed by atoms with E-state index in [0.717, 1.165) is 11.6 Å². The summed E-state index contributed by atoms with van der Waals surface area (Å²) in [6, 6.07) is 7.05. The molecule has 0 saturated heterocycles. The lowest BCUT2D eigenvalue weighted by Gasteiger charge is -2.19. The molecule has 0 fully saturated rings. The number of benzene rings is 1. The van der Waals surface area contributed by atoms with E-state index in [9.17, 15) is 9.59 Å². The second-order valence-corrected chi connectivity index (χ2v) is 5.85. The number of hydrogen-bond acceptors (Lipinski definition) is 5. The minimum atomic E-state index is -0.985. The summed E-state index contributed by atoms with van der Waals surface area (Å²) in [6.45, 7) is 6.53. The van der Waals surface area contributed by atoms with E-state index >= 15 is 0 Å². The number of esters is 1. The lowest BCUT2D eigenvalue weighted by molar-refractivity contribution is -0.153. The molecule has 0 heterocycles. The Balaban J connectivity index is 2.23. The monoisotopic (exact) mass is 321 g/mol. The highest BCUT2D eigenvalue weighted by Crippen LogP contribution is 2.13. The molecule has 2 N–H and O–H groups in total. The number of nitrogens with one attached hydrogen (secondary N) is 1. The van der Waals surface area contributed by atoms with Gasteiger partial charge in [0.25, 0.3) is 0 Å². The number of rotatable bonds is 8. The van der Waals surface area contributed by atoms with Crippen molar-refractivity contribution in [3.8, 4) is 5.75 Å². The van der Waals surface area contributed by atoms with Crippen molar-refractivity contribution in [2.45, 2.75) is 26.4 Å². The molecule has 0 amide bonds. The zero-order valence-electron chi connectivity index (χ0n) is 13.7. The third-order valence-electron chi connectivity index (χ3n) is 2.54. The maximum atomic E-state index is 11.5. The van der Waals surface area contributed by atoms with Gasteiger partial charge in [-0.2, -0.15) is 0 Å². The molecule has 0 aliphatic heterocycles. The molecule has 1 aromatic rings. The van der Waals surface area contributed by atoms with Gasteiger partial charge in [-0.1, -0.05) is 12.1 Å². The van der Waals surface area contributed by atoms with E-state index in [4.69, 9.17) is 14.6 Å². The van der Waals surface area contributed by atoms with Crippen LogP contribution in [0.3, 0.4) is 0 Å². The van der Waals surface area contributed by atoms with Gasteiger partial charge in [-0.3, -0.25) is 4.79 Å². The minimum absolute atomic E-state index is 0.138. The van der Waals surface area contributed by atoms with Gasteiger partial charge in [0.1, 0.15) is 18.0 Å². The molecule has 0 bridgehead atoms. The molecule has 1 aromatic carbocycles. The smallest absolute Gasteiger partial charge is 0.328 e. The van der Waals surface area contributed by atoms with Crippen molar-refractivity contribution < 1.29 is 24.2 Å². The van der Waals surface area contributed by atoms with Gasteiger partial charge < -0.3 is 19.9 Å². The molecular weight excluding hydrogens is 298 g/mol. The minimum Gasteiger partial charge on any atom is -0.492 e. The SMILES string of the molecule is CC(C)(C)OC(=O)CNCCOc1ccc(/C=C/C(=O)O)cc1. The highest BCUT2D eigenvalue weighted by molar-refractivity contribution is 5.85. The third kappa shape index (κ3) is 9.31. The molecule has 0 unspecified atom stereocenters. The highest BCUT2D eigenvalue weighted by Gasteiger charge is 2.15. The first kappa shape index (κ1) is 18.7. The van der Waals surface area contributed by atoms with E-state index in [1.54, 1.807) is 24.3 Å². The van der Waals surface area contributed by atoms with E-state index in [1.165, 1.54) is 6.08 Å². The van der Waals surface area contributed by atoms with Crippen LogP contribution in [-0.2, 0) is 14.3 Å². The molecule has 0 aliphatic rings. The van der Waals surface area contributed by atoms with E-state index in [2.05, 4.69) is 5.32 Å². The van der Waals surface area contributed by atoms with Crippen molar-refractivity contribution >= 4 is 18.0 Å². The molecule has 0 spiro atoms. The maximum absolute atomic E-state index is 11.5. The van der Waals surface area contributed by atoms with Gasteiger partial charge in [0.05, 0.1) is 6.54 Å². The van der Waals surface area contributed by atoms with Gasteiger partial charge in [0.2, 0.25) is 0 Å². The fourth-order valence-electron chi connectivity index (χ4n) is 1.65. The summed E-state index contributed by atoms with van der Waals surface area (Å²) in [5, 5.41) is 11.5. The second kappa shape index (κ2) is 8.95. The molecule has 0 radical (unpaired) electrons. The summed E-state index contributed by atoms with van der Waals surface area (Å²) in [5.74, 6) is -0.606. The van der Waals surface area contributed by atoms with Gasteiger partial charge in [-0.25, -0.2) is 4.79 Å². The molecule has 0 aliphatic carbocycles. The van der Waals surface area contributed by atoms with E-state index in [1.807, 2.05) is 20.8 Å². The molecule has 0 atom stereocenters. The number of carbonyl (C=O) groups excluding carboxylic acids is 1. The Labute approximate surface area is 136 Å². The Morgan fingerprint density at radius 3 is 2.43 bits per heavy atom. The first-order valence-electron chi connectivity index (χ1n) is 7.33. The molecule has 6 heteroatoms. The fraction of sp³-hybridized carbons (Fsp3) is 0.412. The zero-order valence-corrected chi connectivity index (χ0v) is 13.7. The molecule has 0 saturated carbocycles. The Morgan fingerprint density at radius 2 is 1.87 bits per heavy atom. The van der Waals surface area contributed by atoms with Crippen molar-refractivity contribution in [2.24, 2.45) is 0 Å². The fourth-order valence-corrected chi connectivity index (χ4v) is 1.65. The first-order valence-corrected chi connectivity index (χ1v) is 7.33.